The van der Waals surface area contributed by atoms with E-state index in [4.69, 9.17) is 4.98 Å². The maximum atomic E-state index is 11.1. The summed E-state index contributed by atoms with van der Waals surface area (Å²) in [5.74, 6) is 6.00. The van der Waals surface area contributed by atoms with Gasteiger partial charge < -0.3 is 4.40 Å². The van der Waals surface area contributed by atoms with Gasteiger partial charge in [-0.2, -0.15) is 5.26 Å². The van der Waals surface area contributed by atoms with Crippen molar-refractivity contribution < 1.29 is 0 Å². The summed E-state index contributed by atoms with van der Waals surface area (Å²) in [5, 5.41) is 19.9. The Morgan fingerprint density at radius 2 is 1.25 bits per heavy atom. The van der Waals surface area contributed by atoms with Crippen molar-refractivity contribution in [3.05, 3.63) is 69.5 Å². The van der Waals surface area contributed by atoms with Crippen LogP contribution in [-0.4, -0.2) is 9.38 Å². The number of benzene rings is 3. The van der Waals surface area contributed by atoms with Crippen molar-refractivity contribution >= 4 is 48.9 Å². The summed E-state index contributed by atoms with van der Waals surface area (Å²) in [6, 6.07) is 13.1. The van der Waals surface area contributed by atoms with Gasteiger partial charge in [0.15, 0.2) is 0 Å². The first-order chi connectivity index (χ1) is 25.4. The Hall–Kier alpha value is -3.64. The van der Waals surface area contributed by atoms with E-state index in [1.807, 2.05) is 0 Å². The van der Waals surface area contributed by atoms with E-state index in [2.05, 4.69) is 82.5 Å². The quantitative estimate of drug-likeness (QED) is 0.159. The van der Waals surface area contributed by atoms with Gasteiger partial charge in [-0.15, -0.1) is 0 Å². The zero-order valence-electron chi connectivity index (χ0n) is 32.4. The molecule has 3 heteroatoms. The molecule has 53 heavy (non-hydrogen) atoms. The van der Waals surface area contributed by atoms with Crippen molar-refractivity contribution in [2.24, 2.45) is 34.5 Å². The summed E-state index contributed by atoms with van der Waals surface area (Å²) in [6.45, 7) is 14.5. The van der Waals surface area contributed by atoms with Crippen LogP contribution in [0.25, 0.3) is 48.9 Å². The van der Waals surface area contributed by atoms with Gasteiger partial charge in [0.05, 0.1) is 34.4 Å². The van der Waals surface area contributed by atoms with Gasteiger partial charge in [0, 0.05) is 33.2 Å². The van der Waals surface area contributed by atoms with Crippen molar-refractivity contribution in [3.63, 3.8) is 0 Å². The van der Waals surface area contributed by atoms with Gasteiger partial charge >= 0.3 is 0 Å². The molecule has 6 fully saturated rings. The fraction of sp³-hybridized carbons (Fsp3) is 0.560. The van der Waals surface area contributed by atoms with Gasteiger partial charge in [-0.3, -0.25) is 4.98 Å². The first kappa shape index (κ1) is 29.7. The monoisotopic (exact) mass is 693 g/mol. The van der Waals surface area contributed by atoms with Crippen molar-refractivity contribution in [2.75, 3.05) is 0 Å². The van der Waals surface area contributed by atoms with E-state index in [1.165, 1.54) is 135 Å². The van der Waals surface area contributed by atoms with Crippen LogP contribution in [0.2, 0.25) is 0 Å². The fourth-order valence-electron chi connectivity index (χ4n) is 16.6. The van der Waals surface area contributed by atoms with Crippen LogP contribution in [-0.2, 0) is 10.8 Å². The molecule has 10 unspecified atom stereocenters. The smallest absolute Gasteiger partial charge is 0.0995 e. The Labute approximate surface area is 312 Å². The Morgan fingerprint density at radius 1 is 0.623 bits per heavy atom. The molecule has 2 spiro atoms. The fourth-order valence-corrected chi connectivity index (χ4v) is 16.6. The van der Waals surface area contributed by atoms with Crippen LogP contribution in [0.5, 0.6) is 0 Å². The van der Waals surface area contributed by atoms with Gasteiger partial charge in [-0.05, 0) is 184 Å². The van der Waals surface area contributed by atoms with E-state index < -0.39 is 0 Å². The summed E-state index contributed by atoms with van der Waals surface area (Å²) < 4.78 is 2.66. The highest BCUT2D eigenvalue weighted by molar-refractivity contribution is 6.33. The molecule has 3 nitrogen and oxygen atoms in total. The third-order valence-electron chi connectivity index (χ3n) is 18.5. The number of aromatic nitrogens is 2. The molecule has 6 saturated carbocycles. The molecule has 8 aliphatic rings. The number of hydrogen-bond acceptors (Lipinski definition) is 2. The first-order valence-corrected chi connectivity index (χ1v) is 21.5. The summed E-state index contributed by atoms with van der Waals surface area (Å²) in [4.78, 5) is 5.57. The van der Waals surface area contributed by atoms with Gasteiger partial charge in [0.2, 0.25) is 0 Å². The van der Waals surface area contributed by atoms with E-state index in [0.717, 1.165) is 29.2 Å². The second kappa shape index (κ2) is 8.59. The highest BCUT2D eigenvalue weighted by Crippen LogP contribution is 2.78. The van der Waals surface area contributed by atoms with E-state index >= 15 is 0 Å². The first-order valence-electron chi connectivity index (χ1n) is 21.5. The average Bonchev–Trinajstić information content (AvgIpc) is 3.89. The molecule has 0 amide bonds. The number of nitriles is 1. The van der Waals surface area contributed by atoms with Gasteiger partial charge in [-0.25, -0.2) is 0 Å². The molecule has 3 aromatic heterocycles. The summed E-state index contributed by atoms with van der Waals surface area (Å²) in [6.07, 6.45) is 16.0. The predicted octanol–water partition coefficient (Wildman–Crippen LogP) is 12.6. The molecule has 6 aromatic rings. The topological polar surface area (TPSA) is 41.1 Å². The van der Waals surface area contributed by atoms with Crippen LogP contribution in [0.15, 0.2) is 30.5 Å². The Bertz CT molecular complexity index is 2790. The lowest BCUT2D eigenvalue weighted by Gasteiger charge is -2.48. The van der Waals surface area contributed by atoms with Crippen molar-refractivity contribution in [1.82, 2.24) is 9.38 Å². The van der Waals surface area contributed by atoms with E-state index in [1.54, 1.807) is 11.1 Å². The molecule has 0 N–H and O–H groups in total. The average molecular weight is 694 g/mol. The maximum absolute atomic E-state index is 11.1. The van der Waals surface area contributed by atoms with Crippen LogP contribution < -0.4 is 0 Å². The molecule has 8 aliphatic carbocycles. The molecular formula is C50H51N3. The molecule has 0 saturated heterocycles. The second-order valence-corrected chi connectivity index (χ2v) is 22.4. The lowest BCUT2D eigenvalue weighted by Crippen LogP contribution is -2.41. The molecule has 0 aliphatic heterocycles. The van der Waals surface area contributed by atoms with Crippen molar-refractivity contribution in [2.45, 2.75) is 140 Å². The molecule has 266 valence electrons. The van der Waals surface area contributed by atoms with Gasteiger partial charge in [0.1, 0.15) is 0 Å². The van der Waals surface area contributed by atoms with E-state index in [-0.39, 0.29) is 10.8 Å². The molecule has 14 rings (SSSR count). The second-order valence-electron chi connectivity index (χ2n) is 22.4. The van der Waals surface area contributed by atoms with Crippen LogP contribution in [0.1, 0.15) is 168 Å². The van der Waals surface area contributed by atoms with Crippen LogP contribution in [0.4, 0.5) is 0 Å². The van der Waals surface area contributed by atoms with E-state index in [0.29, 0.717) is 34.5 Å². The lowest BCUT2D eigenvalue weighted by atomic mass is 9.56. The SMILES string of the molecule is CC(C)(C)c1cc(C(C)(C)C)c2cc3c4c5c(ncc4n4c6cc(C#N)c7c(c6c(c2c1)c34)C1CC2CC3CC7CC32C1)C1CC2CC3CC5CC23C1. The molecule has 10 atom stereocenters. The highest BCUT2D eigenvalue weighted by Gasteiger charge is 2.67. The van der Waals surface area contributed by atoms with E-state index in [9.17, 15) is 5.26 Å². The zero-order chi connectivity index (χ0) is 35.5. The highest BCUT2D eigenvalue weighted by atomic mass is 14.9. The minimum atomic E-state index is -0.00428. The Balaban J connectivity index is 1.21. The number of hydrogen-bond donors (Lipinski definition) is 0. The number of nitrogens with zero attached hydrogens (tertiary/aromatic N) is 3. The summed E-state index contributed by atoms with van der Waals surface area (Å²) in [7, 11) is 0. The van der Waals surface area contributed by atoms with Crippen LogP contribution in [0, 0.1) is 45.8 Å². The third-order valence-corrected chi connectivity index (χ3v) is 18.5. The molecule has 3 heterocycles. The lowest BCUT2D eigenvalue weighted by molar-refractivity contribution is 0.00321. The van der Waals surface area contributed by atoms with Crippen molar-refractivity contribution in [3.8, 4) is 6.07 Å². The Kier molecular flexibility index (Phi) is 4.81. The summed E-state index contributed by atoms with van der Waals surface area (Å²) >= 11 is 0. The summed E-state index contributed by atoms with van der Waals surface area (Å²) in [5.41, 5.74) is 15.2. The number of pyridine rings is 1. The molecular weight excluding hydrogens is 643 g/mol. The molecule has 6 bridgehead atoms. The Morgan fingerprint density at radius 3 is 1.89 bits per heavy atom. The van der Waals surface area contributed by atoms with Crippen LogP contribution >= 0.6 is 0 Å². The van der Waals surface area contributed by atoms with Gasteiger partial charge in [-0.1, -0.05) is 47.6 Å². The largest absolute Gasteiger partial charge is 0.306 e. The molecule has 0 radical (unpaired) electrons. The zero-order valence-corrected chi connectivity index (χ0v) is 32.4. The minimum Gasteiger partial charge on any atom is -0.306 e. The third kappa shape index (κ3) is 3.09. The predicted molar refractivity (Wildman–Crippen MR) is 214 cm³/mol. The number of rotatable bonds is 0. The standard InChI is InChI=1S/C50H51N3/c1-47(2,3)28-14-34-33(36(15-28)48(4,5)6)16-35-42-38(22-52-45-26-10-32-13-31-9-25(41(42)45)19-50(31,32)20-26)53-37-11-27(21-51)39-23-7-29-12-30-8-24(18-49(29,30)17-23)40(39)44(37)43(34)46(35)53/h11,14-16,22-26,29-32H,7-10,12-13,17-20H2,1-6H3. The maximum Gasteiger partial charge on any atom is 0.0995 e. The molecule has 3 aromatic carbocycles. The number of fused-ring (bicyclic) bond motifs is 20. The van der Waals surface area contributed by atoms with Gasteiger partial charge in [0.25, 0.3) is 0 Å². The normalized spacial score (nSPS) is 37.0. The minimum absolute atomic E-state index is 0.00428. The van der Waals surface area contributed by atoms with Crippen molar-refractivity contribution in [1.29, 1.82) is 5.26 Å². The van der Waals surface area contributed by atoms with Crippen LogP contribution in [0.3, 0.4) is 0 Å².